The predicted octanol–water partition coefficient (Wildman–Crippen LogP) is 2.52. The van der Waals surface area contributed by atoms with Crippen LogP contribution in [0.1, 0.15) is 19.3 Å². The maximum absolute atomic E-state index is 12.9. The Morgan fingerprint density at radius 3 is 3.11 bits per heavy atom. The molecule has 0 radical (unpaired) electrons. The first-order chi connectivity index (χ1) is 8.74. The van der Waals surface area contributed by atoms with Gasteiger partial charge in [-0.15, -0.1) is 0 Å². The molecule has 1 aliphatic rings. The van der Waals surface area contributed by atoms with E-state index in [0.29, 0.717) is 12.3 Å². The fraction of sp³-hybridized carbons (Fsp3) is 0.462. The first-order valence-corrected chi connectivity index (χ1v) is 6.17. The Balaban J connectivity index is 1.74. The smallest absolute Gasteiger partial charge is 0.411 e. The quantitative estimate of drug-likeness (QED) is 0.869. The minimum absolute atomic E-state index is 0.233. The number of halogens is 1. The Hall–Kier alpha value is -1.62. The summed E-state index contributed by atoms with van der Waals surface area (Å²) in [5.41, 5.74) is 0.400. The van der Waals surface area contributed by atoms with Gasteiger partial charge < -0.3 is 10.1 Å². The molecular weight excluding hydrogens is 235 g/mol. The minimum atomic E-state index is -0.548. The molecule has 2 rings (SSSR count). The second kappa shape index (κ2) is 6.35. The Morgan fingerprint density at radius 1 is 1.50 bits per heavy atom. The lowest BCUT2D eigenvalue weighted by atomic mass is 10.1. The van der Waals surface area contributed by atoms with Gasteiger partial charge in [0.2, 0.25) is 0 Å². The molecule has 0 aromatic heterocycles. The summed E-state index contributed by atoms with van der Waals surface area (Å²) in [6.45, 7) is 1.32. The minimum Gasteiger partial charge on any atom is -0.448 e. The van der Waals surface area contributed by atoms with Crippen molar-refractivity contribution >= 4 is 11.8 Å². The number of ether oxygens (including phenoxy) is 1. The van der Waals surface area contributed by atoms with Crippen molar-refractivity contribution in [2.24, 2.45) is 0 Å². The van der Waals surface area contributed by atoms with Crippen molar-refractivity contribution in [3.63, 3.8) is 0 Å². The zero-order valence-electron chi connectivity index (χ0n) is 10.1. The summed E-state index contributed by atoms with van der Waals surface area (Å²) in [5, 5.41) is 5.78. The van der Waals surface area contributed by atoms with Gasteiger partial charge in [0, 0.05) is 11.7 Å². The molecular formula is C13H17FN2O2. The molecule has 98 valence electrons. The molecule has 0 spiro atoms. The summed E-state index contributed by atoms with van der Waals surface area (Å²) in [6, 6.07) is 5.95. The zero-order valence-corrected chi connectivity index (χ0v) is 10.1. The molecule has 0 saturated carbocycles. The van der Waals surface area contributed by atoms with E-state index in [1.807, 2.05) is 0 Å². The van der Waals surface area contributed by atoms with Gasteiger partial charge in [-0.25, -0.2) is 9.18 Å². The van der Waals surface area contributed by atoms with Gasteiger partial charge in [-0.05, 0) is 37.6 Å². The standard InChI is InChI=1S/C13H17FN2O2/c14-10-4-3-6-11(8-10)16-13(17)18-9-12-5-1-2-7-15-12/h3-4,6,8,12,15H,1-2,5,7,9H2,(H,16,17). The fourth-order valence-corrected chi connectivity index (χ4v) is 1.96. The first-order valence-electron chi connectivity index (χ1n) is 6.17. The summed E-state index contributed by atoms with van der Waals surface area (Å²) < 4.78 is 18.0. The van der Waals surface area contributed by atoms with Crippen molar-refractivity contribution in [3.05, 3.63) is 30.1 Å². The van der Waals surface area contributed by atoms with Gasteiger partial charge in [-0.1, -0.05) is 12.5 Å². The maximum Gasteiger partial charge on any atom is 0.411 e. The second-order valence-electron chi connectivity index (χ2n) is 4.38. The number of rotatable bonds is 3. The van der Waals surface area contributed by atoms with E-state index in [-0.39, 0.29) is 11.9 Å². The number of piperidine rings is 1. The lowest BCUT2D eigenvalue weighted by Crippen LogP contribution is -2.38. The molecule has 1 aliphatic heterocycles. The SMILES string of the molecule is O=C(Nc1cccc(F)c1)OCC1CCCCN1. The number of anilines is 1. The van der Waals surface area contributed by atoms with Crippen LogP contribution in [-0.2, 0) is 4.74 Å². The molecule has 5 heteroatoms. The van der Waals surface area contributed by atoms with Crippen LogP contribution in [0.3, 0.4) is 0 Å². The van der Waals surface area contributed by atoms with Crippen LogP contribution in [0.25, 0.3) is 0 Å². The van der Waals surface area contributed by atoms with Crippen LogP contribution in [0.4, 0.5) is 14.9 Å². The van der Waals surface area contributed by atoms with Crippen molar-refractivity contribution < 1.29 is 13.9 Å². The summed E-state index contributed by atoms with van der Waals surface area (Å²) in [4.78, 5) is 11.5. The van der Waals surface area contributed by atoms with Crippen LogP contribution in [0.2, 0.25) is 0 Å². The molecule has 1 aromatic carbocycles. The number of carbonyl (C=O) groups excluding carboxylic acids is 1. The van der Waals surface area contributed by atoms with Crippen molar-refractivity contribution in [2.75, 3.05) is 18.5 Å². The van der Waals surface area contributed by atoms with Crippen LogP contribution in [0.15, 0.2) is 24.3 Å². The number of carbonyl (C=O) groups is 1. The summed E-state index contributed by atoms with van der Waals surface area (Å²) in [5.74, 6) is -0.387. The molecule has 18 heavy (non-hydrogen) atoms. The van der Waals surface area contributed by atoms with Gasteiger partial charge in [0.1, 0.15) is 12.4 Å². The maximum atomic E-state index is 12.9. The molecule has 1 heterocycles. The van der Waals surface area contributed by atoms with Gasteiger partial charge in [0.25, 0.3) is 0 Å². The largest absolute Gasteiger partial charge is 0.448 e. The van der Waals surface area contributed by atoms with Crippen molar-refractivity contribution in [2.45, 2.75) is 25.3 Å². The van der Waals surface area contributed by atoms with E-state index in [1.54, 1.807) is 6.07 Å². The fourth-order valence-electron chi connectivity index (χ4n) is 1.96. The number of nitrogens with one attached hydrogen (secondary N) is 2. The number of hydrogen-bond acceptors (Lipinski definition) is 3. The van der Waals surface area contributed by atoms with Crippen molar-refractivity contribution in [1.82, 2.24) is 5.32 Å². The molecule has 1 saturated heterocycles. The van der Waals surface area contributed by atoms with E-state index in [4.69, 9.17) is 4.74 Å². The van der Waals surface area contributed by atoms with Gasteiger partial charge >= 0.3 is 6.09 Å². The van der Waals surface area contributed by atoms with E-state index < -0.39 is 6.09 Å². The number of amides is 1. The van der Waals surface area contributed by atoms with Gasteiger partial charge in [-0.2, -0.15) is 0 Å². The lowest BCUT2D eigenvalue weighted by Gasteiger charge is -2.22. The van der Waals surface area contributed by atoms with Crippen molar-refractivity contribution in [3.8, 4) is 0 Å². The number of benzene rings is 1. The zero-order chi connectivity index (χ0) is 12.8. The Labute approximate surface area is 106 Å². The monoisotopic (exact) mass is 252 g/mol. The lowest BCUT2D eigenvalue weighted by molar-refractivity contribution is 0.141. The molecule has 0 bridgehead atoms. The van der Waals surface area contributed by atoms with Crippen LogP contribution in [-0.4, -0.2) is 25.3 Å². The highest BCUT2D eigenvalue weighted by molar-refractivity contribution is 5.84. The molecule has 2 N–H and O–H groups in total. The summed E-state index contributed by atoms with van der Waals surface area (Å²) >= 11 is 0. The summed E-state index contributed by atoms with van der Waals surface area (Å²) in [7, 11) is 0. The van der Waals surface area contributed by atoms with E-state index in [0.717, 1.165) is 19.4 Å². The molecule has 1 amide bonds. The highest BCUT2D eigenvalue weighted by atomic mass is 19.1. The molecule has 4 nitrogen and oxygen atoms in total. The Kier molecular flexibility index (Phi) is 4.52. The predicted molar refractivity (Wildman–Crippen MR) is 67.0 cm³/mol. The van der Waals surface area contributed by atoms with E-state index >= 15 is 0 Å². The van der Waals surface area contributed by atoms with Crippen LogP contribution in [0, 0.1) is 5.82 Å². The van der Waals surface area contributed by atoms with E-state index in [9.17, 15) is 9.18 Å². The van der Waals surface area contributed by atoms with Gasteiger partial charge in [0.05, 0.1) is 0 Å². The van der Waals surface area contributed by atoms with E-state index in [2.05, 4.69) is 10.6 Å². The molecule has 1 aromatic rings. The second-order valence-corrected chi connectivity index (χ2v) is 4.38. The topological polar surface area (TPSA) is 50.4 Å². The van der Waals surface area contributed by atoms with Crippen LogP contribution < -0.4 is 10.6 Å². The van der Waals surface area contributed by atoms with Crippen molar-refractivity contribution in [1.29, 1.82) is 0 Å². The highest BCUT2D eigenvalue weighted by Gasteiger charge is 2.14. The Bertz CT molecular complexity index is 406. The molecule has 1 atom stereocenters. The highest BCUT2D eigenvalue weighted by Crippen LogP contribution is 2.10. The first kappa shape index (κ1) is 12.8. The third kappa shape index (κ3) is 4.00. The molecule has 0 aliphatic carbocycles. The van der Waals surface area contributed by atoms with Gasteiger partial charge in [-0.3, -0.25) is 5.32 Å². The average Bonchev–Trinajstić information content (AvgIpc) is 2.38. The van der Waals surface area contributed by atoms with Crippen LogP contribution in [0.5, 0.6) is 0 Å². The third-order valence-corrected chi connectivity index (χ3v) is 2.90. The van der Waals surface area contributed by atoms with Gasteiger partial charge in [0.15, 0.2) is 0 Å². The molecule has 1 unspecified atom stereocenters. The normalized spacial score (nSPS) is 19.3. The molecule has 1 fully saturated rings. The number of hydrogen-bond donors (Lipinski definition) is 2. The average molecular weight is 252 g/mol. The summed E-state index contributed by atoms with van der Waals surface area (Å²) in [6.07, 6.45) is 2.80. The van der Waals surface area contributed by atoms with E-state index in [1.165, 1.54) is 24.6 Å². The Morgan fingerprint density at radius 2 is 2.39 bits per heavy atom. The van der Waals surface area contributed by atoms with Crippen LogP contribution >= 0.6 is 0 Å². The third-order valence-electron chi connectivity index (χ3n) is 2.90.